The van der Waals surface area contributed by atoms with Crippen molar-refractivity contribution in [2.24, 2.45) is 0 Å². The molecule has 282 valence electrons. The summed E-state index contributed by atoms with van der Waals surface area (Å²) in [6.07, 6.45) is 48.5. The fraction of sp³-hybridized carbons (Fsp3) is 0.814. The lowest BCUT2D eigenvalue weighted by atomic mass is 9.98. The minimum atomic E-state index is -1.32. The first kappa shape index (κ1) is 46.8. The van der Waals surface area contributed by atoms with E-state index in [9.17, 15) is 15.3 Å². The molecule has 0 saturated carbocycles. The van der Waals surface area contributed by atoms with Gasteiger partial charge in [-0.2, -0.15) is 0 Å². The van der Waals surface area contributed by atoms with Crippen LogP contribution in [0, 0.1) is 0 Å². The minimum absolute atomic E-state index is 0.226. The molecule has 5 nitrogen and oxygen atoms in total. The molecule has 5 heteroatoms. The minimum Gasteiger partial charge on any atom is -0.367 e. The zero-order valence-electron chi connectivity index (χ0n) is 32.1. The molecule has 3 N–H and O–H groups in total. The number of likely N-dealkylation sites (N-methyl/N-ethyl adjacent to an activating group) is 1. The van der Waals surface area contributed by atoms with E-state index in [1.54, 1.807) is 0 Å². The van der Waals surface area contributed by atoms with Gasteiger partial charge in [0.25, 0.3) is 0 Å². The summed E-state index contributed by atoms with van der Waals surface area (Å²) in [6, 6.07) is 0. The largest absolute Gasteiger partial charge is 0.367 e. The number of hydrogen-bond donors (Lipinski definition) is 3. The van der Waals surface area contributed by atoms with Crippen molar-refractivity contribution in [2.45, 2.75) is 199 Å². The molecule has 0 bridgehead atoms. The maximum absolute atomic E-state index is 11.4. The number of rotatable bonds is 37. The molecule has 0 fully saturated rings. The standard InChI is InChI=1S/C43H81NO4/c1-4-6-8-10-12-14-16-18-20-22-24-26-28-30-32-34-37-43(47,48-40-36-39-44(3)41-42(45)46)38-35-33-31-29-27-25-23-21-19-17-15-13-11-9-7-5-2/h12-15,18-21,42,45-47H,4-11,16-17,22-41H2,1-3H3/b14-12-,15-13-,20-18-,21-19-. The molecular weight excluding hydrogens is 594 g/mol. The van der Waals surface area contributed by atoms with Crippen molar-refractivity contribution in [2.75, 3.05) is 26.7 Å². The molecule has 0 spiro atoms. The van der Waals surface area contributed by atoms with E-state index < -0.39 is 12.1 Å². The average Bonchev–Trinajstić information content (AvgIpc) is 3.06. The molecule has 0 aliphatic heterocycles. The first-order chi connectivity index (χ1) is 23.4. The van der Waals surface area contributed by atoms with Gasteiger partial charge in [0.15, 0.2) is 12.1 Å². The molecule has 0 aromatic rings. The maximum Gasteiger partial charge on any atom is 0.165 e. The monoisotopic (exact) mass is 676 g/mol. The Morgan fingerprint density at radius 1 is 0.521 bits per heavy atom. The van der Waals surface area contributed by atoms with Crippen LogP contribution in [0.2, 0.25) is 0 Å². The summed E-state index contributed by atoms with van der Waals surface area (Å²) in [7, 11) is 1.87. The highest BCUT2D eigenvalue weighted by atomic mass is 16.6. The van der Waals surface area contributed by atoms with Gasteiger partial charge in [0.05, 0.1) is 6.61 Å². The second-order valence-corrected chi connectivity index (χ2v) is 14.1. The molecule has 0 rings (SSSR count). The van der Waals surface area contributed by atoms with Gasteiger partial charge < -0.3 is 25.0 Å². The summed E-state index contributed by atoms with van der Waals surface area (Å²) < 4.78 is 6.11. The Balaban J connectivity index is 4.16. The van der Waals surface area contributed by atoms with Gasteiger partial charge in [0.2, 0.25) is 0 Å². The molecule has 0 atom stereocenters. The quantitative estimate of drug-likeness (QED) is 0.0347. The number of aliphatic hydroxyl groups is 3. The van der Waals surface area contributed by atoms with Gasteiger partial charge in [-0.3, -0.25) is 0 Å². The molecule has 0 heterocycles. The summed E-state index contributed by atoms with van der Waals surface area (Å²) in [5.41, 5.74) is 0. The van der Waals surface area contributed by atoms with Crippen LogP contribution < -0.4 is 0 Å². The van der Waals surface area contributed by atoms with E-state index in [1.165, 1.54) is 116 Å². The van der Waals surface area contributed by atoms with Crippen molar-refractivity contribution in [1.29, 1.82) is 0 Å². The van der Waals surface area contributed by atoms with Crippen LogP contribution in [0.1, 0.15) is 187 Å². The van der Waals surface area contributed by atoms with Crippen molar-refractivity contribution in [3.05, 3.63) is 48.6 Å². The Labute approximate surface area is 299 Å². The van der Waals surface area contributed by atoms with Gasteiger partial charge in [0, 0.05) is 25.9 Å². The maximum atomic E-state index is 11.4. The lowest BCUT2D eigenvalue weighted by Gasteiger charge is -2.29. The van der Waals surface area contributed by atoms with Crippen LogP contribution >= 0.6 is 0 Å². The SMILES string of the molecule is CCCCC/C=C\C/C=C\CCCCCCCCC(O)(CCCCCCCC/C=C\C/C=C\CCCCC)OCCCN(C)CC(O)O. The third-order valence-electron chi connectivity index (χ3n) is 9.07. The van der Waals surface area contributed by atoms with Crippen LogP contribution in [0.15, 0.2) is 48.6 Å². The first-order valence-electron chi connectivity index (χ1n) is 20.4. The number of unbranched alkanes of at least 4 members (excludes halogenated alkanes) is 18. The van der Waals surface area contributed by atoms with Gasteiger partial charge in [-0.1, -0.05) is 140 Å². The van der Waals surface area contributed by atoms with Crippen LogP contribution in [-0.2, 0) is 4.74 Å². The van der Waals surface area contributed by atoms with E-state index in [0.29, 0.717) is 26.0 Å². The van der Waals surface area contributed by atoms with E-state index in [-0.39, 0.29) is 6.54 Å². The highest BCUT2D eigenvalue weighted by Gasteiger charge is 2.26. The van der Waals surface area contributed by atoms with E-state index in [0.717, 1.165) is 44.9 Å². The Bertz CT molecular complexity index is 712. The highest BCUT2D eigenvalue weighted by Crippen LogP contribution is 2.25. The smallest absolute Gasteiger partial charge is 0.165 e. The lowest BCUT2D eigenvalue weighted by molar-refractivity contribution is -0.214. The van der Waals surface area contributed by atoms with Crippen LogP contribution in [0.25, 0.3) is 0 Å². The summed E-state index contributed by atoms with van der Waals surface area (Å²) in [6.45, 7) is 5.93. The van der Waals surface area contributed by atoms with Gasteiger partial charge >= 0.3 is 0 Å². The molecule has 0 aliphatic rings. The lowest BCUT2D eigenvalue weighted by Crippen LogP contribution is -2.34. The third-order valence-corrected chi connectivity index (χ3v) is 9.07. The zero-order valence-corrected chi connectivity index (χ0v) is 32.1. The molecule has 0 aromatic heterocycles. The Hall–Kier alpha value is -1.24. The Morgan fingerprint density at radius 2 is 0.896 bits per heavy atom. The molecule has 0 saturated heterocycles. The normalized spacial score (nSPS) is 12.9. The van der Waals surface area contributed by atoms with Crippen molar-refractivity contribution < 1.29 is 20.1 Å². The summed E-state index contributed by atoms with van der Waals surface area (Å²) in [5.74, 6) is -1.04. The number of hydrogen-bond acceptors (Lipinski definition) is 5. The number of ether oxygens (including phenoxy) is 1. The van der Waals surface area contributed by atoms with E-state index in [4.69, 9.17) is 4.74 Å². The van der Waals surface area contributed by atoms with Gasteiger partial charge in [-0.15, -0.1) is 0 Å². The Morgan fingerprint density at radius 3 is 1.29 bits per heavy atom. The van der Waals surface area contributed by atoms with Crippen LogP contribution in [-0.4, -0.2) is 59.0 Å². The number of allylic oxidation sites excluding steroid dienone is 8. The predicted octanol–water partition coefficient (Wildman–Crippen LogP) is 11.7. The van der Waals surface area contributed by atoms with Crippen molar-refractivity contribution >= 4 is 0 Å². The summed E-state index contributed by atoms with van der Waals surface area (Å²) >= 11 is 0. The van der Waals surface area contributed by atoms with Gasteiger partial charge in [0.1, 0.15) is 0 Å². The predicted molar refractivity (Wildman–Crippen MR) is 209 cm³/mol. The highest BCUT2D eigenvalue weighted by molar-refractivity contribution is 4.93. The van der Waals surface area contributed by atoms with Crippen molar-refractivity contribution in [1.82, 2.24) is 4.90 Å². The molecule has 0 aliphatic carbocycles. The molecule has 48 heavy (non-hydrogen) atoms. The molecule has 0 amide bonds. The topological polar surface area (TPSA) is 73.2 Å². The Kier molecular flexibility index (Phi) is 36.1. The fourth-order valence-electron chi connectivity index (χ4n) is 6.01. The van der Waals surface area contributed by atoms with Crippen LogP contribution in [0.4, 0.5) is 0 Å². The fourth-order valence-corrected chi connectivity index (χ4v) is 6.01. The van der Waals surface area contributed by atoms with Crippen molar-refractivity contribution in [3.63, 3.8) is 0 Å². The average molecular weight is 676 g/mol. The second-order valence-electron chi connectivity index (χ2n) is 14.1. The first-order valence-corrected chi connectivity index (χ1v) is 20.4. The van der Waals surface area contributed by atoms with E-state index in [1.807, 2.05) is 11.9 Å². The molecule has 0 unspecified atom stereocenters. The number of nitrogens with zero attached hydrogens (tertiary/aromatic N) is 1. The number of aliphatic hydroxyl groups excluding tert-OH is 1. The van der Waals surface area contributed by atoms with Crippen LogP contribution in [0.3, 0.4) is 0 Å². The zero-order chi connectivity index (χ0) is 35.2. The van der Waals surface area contributed by atoms with E-state index >= 15 is 0 Å². The van der Waals surface area contributed by atoms with Crippen LogP contribution in [0.5, 0.6) is 0 Å². The summed E-state index contributed by atoms with van der Waals surface area (Å²) in [5, 5.41) is 29.8. The molecule has 0 aromatic carbocycles. The van der Waals surface area contributed by atoms with Gasteiger partial charge in [-0.05, 0) is 90.5 Å². The van der Waals surface area contributed by atoms with Crippen molar-refractivity contribution in [3.8, 4) is 0 Å². The molecular formula is C43H81NO4. The van der Waals surface area contributed by atoms with E-state index in [2.05, 4.69) is 62.5 Å². The summed E-state index contributed by atoms with van der Waals surface area (Å²) in [4.78, 5) is 1.89. The van der Waals surface area contributed by atoms with Gasteiger partial charge in [-0.25, -0.2) is 0 Å². The molecule has 0 radical (unpaired) electrons. The third kappa shape index (κ3) is 36.1. The second kappa shape index (κ2) is 37.0.